The highest BCUT2D eigenvalue weighted by Gasteiger charge is 2.45. The summed E-state index contributed by atoms with van der Waals surface area (Å²) >= 11 is 0. The third kappa shape index (κ3) is 1.52. The van der Waals surface area contributed by atoms with Crippen LogP contribution < -0.4 is 0 Å². The Morgan fingerprint density at radius 1 is 1.15 bits per heavy atom. The summed E-state index contributed by atoms with van der Waals surface area (Å²) in [6.45, 7) is 9.79. The fraction of sp³-hybridized carbons (Fsp3) is 1.00. The molecule has 1 nitrogen and oxygen atoms in total. The van der Waals surface area contributed by atoms with Gasteiger partial charge in [-0.3, -0.25) is 0 Å². The van der Waals surface area contributed by atoms with Crippen molar-refractivity contribution in [3.8, 4) is 0 Å². The first-order valence-electron chi connectivity index (χ1n) is 5.88. The molecule has 2 rings (SSSR count). The Balaban J connectivity index is 1.89. The molecule has 2 fully saturated rings. The molecule has 1 atom stereocenters. The number of hydrogen-bond acceptors (Lipinski definition) is 1. The normalized spacial score (nSPS) is 33.7. The van der Waals surface area contributed by atoms with E-state index in [1.807, 2.05) is 0 Å². The van der Waals surface area contributed by atoms with Crippen LogP contribution in [-0.4, -0.2) is 24.0 Å². The number of piperidine rings is 1. The van der Waals surface area contributed by atoms with Gasteiger partial charge in [-0.2, -0.15) is 0 Å². The number of likely N-dealkylation sites (tertiary alicyclic amines) is 1. The van der Waals surface area contributed by atoms with Crippen LogP contribution in [0.5, 0.6) is 0 Å². The van der Waals surface area contributed by atoms with Crippen molar-refractivity contribution < 1.29 is 0 Å². The number of rotatable bonds is 1. The Morgan fingerprint density at radius 3 is 2.08 bits per heavy atom. The molecule has 0 radical (unpaired) electrons. The van der Waals surface area contributed by atoms with Gasteiger partial charge in [0.1, 0.15) is 0 Å². The summed E-state index contributed by atoms with van der Waals surface area (Å²) in [4.78, 5) is 2.64. The quantitative estimate of drug-likeness (QED) is 0.601. The maximum absolute atomic E-state index is 2.64. The molecule has 1 unspecified atom stereocenters. The zero-order chi connectivity index (χ0) is 9.47. The number of hydrogen-bond donors (Lipinski definition) is 0. The second-order valence-electron chi connectivity index (χ2n) is 5.43. The molecule has 0 N–H and O–H groups in total. The van der Waals surface area contributed by atoms with Crippen LogP contribution in [0, 0.1) is 11.3 Å². The van der Waals surface area contributed by atoms with E-state index in [2.05, 4.69) is 25.7 Å². The van der Waals surface area contributed by atoms with Crippen LogP contribution in [0.1, 0.15) is 46.5 Å². The van der Waals surface area contributed by atoms with Gasteiger partial charge in [-0.15, -0.1) is 0 Å². The monoisotopic (exact) mass is 181 g/mol. The minimum Gasteiger partial charge on any atom is -0.301 e. The predicted molar refractivity (Wildman–Crippen MR) is 56.8 cm³/mol. The van der Waals surface area contributed by atoms with Crippen molar-refractivity contribution in [1.82, 2.24) is 4.90 Å². The summed E-state index contributed by atoms with van der Waals surface area (Å²) in [5.41, 5.74) is 0.783. The van der Waals surface area contributed by atoms with Crippen molar-refractivity contribution in [2.24, 2.45) is 11.3 Å². The highest BCUT2D eigenvalue weighted by Crippen LogP contribution is 2.53. The zero-order valence-electron chi connectivity index (χ0n) is 9.34. The van der Waals surface area contributed by atoms with E-state index < -0.39 is 0 Å². The van der Waals surface area contributed by atoms with E-state index in [0.29, 0.717) is 0 Å². The first-order chi connectivity index (χ1) is 6.14. The van der Waals surface area contributed by atoms with Gasteiger partial charge in [-0.1, -0.05) is 6.92 Å². The van der Waals surface area contributed by atoms with Crippen LogP contribution in [0.15, 0.2) is 0 Å². The maximum atomic E-state index is 2.64. The van der Waals surface area contributed by atoms with Gasteiger partial charge >= 0.3 is 0 Å². The zero-order valence-corrected chi connectivity index (χ0v) is 9.34. The standard InChI is InChI=1S/C12H23N/c1-10(2)13-8-6-12(7-9-13)5-4-11(12)3/h10-11H,4-9H2,1-3H3. The fourth-order valence-corrected chi connectivity index (χ4v) is 3.07. The average molecular weight is 181 g/mol. The van der Waals surface area contributed by atoms with Gasteiger partial charge in [-0.25, -0.2) is 0 Å². The van der Waals surface area contributed by atoms with Crippen LogP contribution in [0.2, 0.25) is 0 Å². The summed E-state index contributed by atoms with van der Waals surface area (Å²) in [7, 11) is 0. The van der Waals surface area contributed by atoms with Crippen molar-refractivity contribution in [2.75, 3.05) is 13.1 Å². The minimum absolute atomic E-state index is 0.757. The Kier molecular flexibility index (Phi) is 2.39. The molecule has 1 heteroatoms. The van der Waals surface area contributed by atoms with Crippen LogP contribution in [0.3, 0.4) is 0 Å². The van der Waals surface area contributed by atoms with Gasteiger partial charge in [0.25, 0.3) is 0 Å². The third-order valence-electron chi connectivity index (χ3n) is 4.64. The molecule has 0 aromatic rings. The molecule has 0 aromatic carbocycles. The molecule has 0 bridgehead atoms. The van der Waals surface area contributed by atoms with E-state index in [1.165, 1.54) is 38.8 Å². The molecule has 0 amide bonds. The van der Waals surface area contributed by atoms with Crippen LogP contribution in [0.4, 0.5) is 0 Å². The molecule has 1 saturated carbocycles. The summed E-state index contributed by atoms with van der Waals surface area (Å²) < 4.78 is 0. The van der Waals surface area contributed by atoms with E-state index in [1.54, 1.807) is 0 Å². The van der Waals surface area contributed by atoms with E-state index in [9.17, 15) is 0 Å². The van der Waals surface area contributed by atoms with E-state index >= 15 is 0 Å². The topological polar surface area (TPSA) is 3.24 Å². The van der Waals surface area contributed by atoms with Gasteiger partial charge < -0.3 is 4.90 Å². The van der Waals surface area contributed by atoms with Crippen molar-refractivity contribution in [2.45, 2.75) is 52.5 Å². The molecule has 2 aliphatic rings. The molecule has 1 spiro atoms. The Hall–Kier alpha value is -0.0400. The highest BCUT2D eigenvalue weighted by atomic mass is 15.2. The van der Waals surface area contributed by atoms with Gasteiger partial charge in [0.05, 0.1) is 0 Å². The van der Waals surface area contributed by atoms with Crippen molar-refractivity contribution in [3.63, 3.8) is 0 Å². The minimum atomic E-state index is 0.757. The lowest BCUT2D eigenvalue weighted by molar-refractivity contribution is -0.0311. The molecular formula is C12H23N. The lowest BCUT2D eigenvalue weighted by Gasteiger charge is -2.53. The second kappa shape index (κ2) is 3.27. The smallest absolute Gasteiger partial charge is 0.00385 e. The van der Waals surface area contributed by atoms with Gasteiger partial charge in [0.2, 0.25) is 0 Å². The van der Waals surface area contributed by atoms with E-state index in [-0.39, 0.29) is 0 Å². The third-order valence-corrected chi connectivity index (χ3v) is 4.64. The van der Waals surface area contributed by atoms with Crippen molar-refractivity contribution in [1.29, 1.82) is 0 Å². The summed E-state index contributed by atoms with van der Waals surface area (Å²) in [5.74, 6) is 1.02. The average Bonchev–Trinajstić information content (AvgIpc) is 2.15. The van der Waals surface area contributed by atoms with Gasteiger partial charge in [0, 0.05) is 6.04 Å². The Labute approximate surface area is 82.5 Å². The summed E-state index contributed by atoms with van der Waals surface area (Å²) in [6.07, 6.45) is 5.93. The van der Waals surface area contributed by atoms with Crippen LogP contribution >= 0.6 is 0 Å². The summed E-state index contributed by atoms with van der Waals surface area (Å²) in [5, 5.41) is 0. The van der Waals surface area contributed by atoms with E-state index in [4.69, 9.17) is 0 Å². The molecular weight excluding hydrogens is 158 g/mol. The lowest BCUT2D eigenvalue weighted by Crippen LogP contribution is -2.49. The SMILES string of the molecule is CC(C)N1CCC2(CCC2C)CC1. The fourth-order valence-electron chi connectivity index (χ4n) is 3.07. The van der Waals surface area contributed by atoms with Gasteiger partial charge in [0.15, 0.2) is 0 Å². The second-order valence-corrected chi connectivity index (χ2v) is 5.43. The molecule has 1 saturated heterocycles. The molecule has 13 heavy (non-hydrogen) atoms. The summed E-state index contributed by atoms with van der Waals surface area (Å²) in [6, 6.07) is 0.757. The van der Waals surface area contributed by atoms with Gasteiger partial charge in [-0.05, 0) is 64.0 Å². The molecule has 1 aliphatic heterocycles. The predicted octanol–water partition coefficient (Wildman–Crippen LogP) is 2.91. The highest BCUT2D eigenvalue weighted by molar-refractivity contribution is 4.97. The first kappa shape index (κ1) is 9.51. The van der Waals surface area contributed by atoms with Crippen molar-refractivity contribution in [3.05, 3.63) is 0 Å². The van der Waals surface area contributed by atoms with Crippen LogP contribution in [-0.2, 0) is 0 Å². The molecule has 0 aromatic heterocycles. The maximum Gasteiger partial charge on any atom is 0.00385 e. The largest absolute Gasteiger partial charge is 0.301 e. The van der Waals surface area contributed by atoms with Crippen LogP contribution in [0.25, 0.3) is 0 Å². The Bertz CT molecular complexity index is 178. The molecule has 1 aliphatic carbocycles. The Morgan fingerprint density at radius 2 is 1.77 bits per heavy atom. The lowest BCUT2D eigenvalue weighted by atomic mass is 9.56. The molecule has 76 valence electrons. The molecule has 1 heterocycles. The van der Waals surface area contributed by atoms with E-state index in [0.717, 1.165) is 17.4 Å². The number of nitrogens with zero attached hydrogens (tertiary/aromatic N) is 1. The van der Waals surface area contributed by atoms with Crippen molar-refractivity contribution >= 4 is 0 Å². The first-order valence-corrected chi connectivity index (χ1v) is 5.88.